The molecule has 4 N–H and O–H groups in total. The number of anilines is 1. The molecule has 1 aromatic carbocycles. The molecule has 7 heteroatoms. The molecule has 0 fully saturated rings. The Labute approximate surface area is 191 Å². The van der Waals surface area contributed by atoms with Crippen LogP contribution in [0.2, 0.25) is 0 Å². The number of nitrogens with two attached hydrogens (primary N) is 1. The molecule has 4 rings (SSSR count). The van der Waals surface area contributed by atoms with Gasteiger partial charge in [0.25, 0.3) is 0 Å². The van der Waals surface area contributed by atoms with Gasteiger partial charge >= 0.3 is 0 Å². The van der Waals surface area contributed by atoms with Crippen molar-refractivity contribution < 1.29 is 0 Å². The van der Waals surface area contributed by atoms with Crippen LogP contribution in [0.3, 0.4) is 0 Å². The van der Waals surface area contributed by atoms with Gasteiger partial charge in [-0.05, 0) is 25.0 Å². The Morgan fingerprint density at radius 1 is 1.25 bits per heavy atom. The summed E-state index contributed by atoms with van der Waals surface area (Å²) in [6.45, 7) is 6.40. The van der Waals surface area contributed by atoms with E-state index in [0.717, 1.165) is 39.3 Å². The SMILES string of the molecule is C=C/C=C(\C=C/C)c1nc(NC[C@@H](N)Cc2ccccc2)c2scc(-c3ccn[nH]3)c2n1. The van der Waals surface area contributed by atoms with E-state index in [9.17, 15) is 0 Å². The van der Waals surface area contributed by atoms with Crippen LogP contribution in [0.15, 0.2) is 78.9 Å². The Bertz CT molecular complexity index is 1240. The van der Waals surface area contributed by atoms with Crippen molar-refractivity contribution in [2.45, 2.75) is 19.4 Å². The number of benzene rings is 1. The molecule has 4 aromatic rings. The molecule has 3 heterocycles. The van der Waals surface area contributed by atoms with E-state index in [1.165, 1.54) is 5.56 Å². The van der Waals surface area contributed by atoms with Crippen LogP contribution >= 0.6 is 11.3 Å². The van der Waals surface area contributed by atoms with Crippen molar-refractivity contribution in [2.75, 3.05) is 11.9 Å². The summed E-state index contributed by atoms with van der Waals surface area (Å²) in [5.41, 5.74) is 11.3. The number of nitrogens with one attached hydrogen (secondary N) is 2. The van der Waals surface area contributed by atoms with Gasteiger partial charge in [-0.3, -0.25) is 5.10 Å². The minimum Gasteiger partial charge on any atom is -0.367 e. The minimum atomic E-state index is -0.0448. The number of aromatic nitrogens is 4. The number of allylic oxidation sites excluding steroid dienone is 5. The first kappa shape index (κ1) is 21.7. The number of thiophene rings is 1. The predicted octanol–water partition coefficient (Wildman–Crippen LogP) is 5.21. The zero-order valence-electron chi connectivity index (χ0n) is 18.0. The van der Waals surface area contributed by atoms with Crippen LogP contribution in [0, 0.1) is 0 Å². The number of H-pyrrole nitrogens is 1. The van der Waals surface area contributed by atoms with Gasteiger partial charge in [-0.25, -0.2) is 9.97 Å². The lowest BCUT2D eigenvalue weighted by Gasteiger charge is -2.15. The molecule has 0 saturated heterocycles. The number of fused-ring (bicyclic) bond motifs is 1. The van der Waals surface area contributed by atoms with E-state index in [1.54, 1.807) is 23.6 Å². The van der Waals surface area contributed by atoms with Gasteiger partial charge in [0.15, 0.2) is 5.82 Å². The molecule has 0 aliphatic heterocycles. The maximum atomic E-state index is 6.42. The van der Waals surface area contributed by atoms with Crippen molar-refractivity contribution in [3.63, 3.8) is 0 Å². The van der Waals surface area contributed by atoms with Gasteiger partial charge in [0, 0.05) is 35.3 Å². The Morgan fingerprint density at radius 3 is 2.81 bits per heavy atom. The first-order chi connectivity index (χ1) is 15.7. The molecule has 0 aliphatic carbocycles. The average Bonchev–Trinajstić information content (AvgIpc) is 3.47. The molecule has 0 radical (unpaired) electrons. The summed E-state index contributed by atoms with van der Waals surface area (Å²) in [7, 11) is 0. The Balaban J connectivity index is 1.70. The topological polar surface area (TPSA) is 92.5 Å². The largest absolute Gasteiger partial charge is 0.367 e. The fraction of sp³-hybridized carbons (Fsp3) is 0.160. The van der Waals surface area contributed by atoms with Gasteiger partial charge in [-0.1, -0.05) is 61.2 Å². The van der Waals surface area contributed by atoms with Crippen LogP contribution in [0.25, 0.3) is 27.0 Å². The van der Waals surface area contributed by atoms with Crippen LogP contribution in [0.4, 0.5) is 5.82 Å². The van der Waals surface area contributed by atoms with Gasteiger partial charge in [-0.2, -0.15) is 5.10 Å². The highest BCUT2D eigenvalue weighted by Gasteiger charge is 2.17. The zero-order valence-corrected chi connectivity index (χ0v) is 18.8. The second-order valence-corrected chi connectivity index (χ2v) is 8.26. The zero-order chi connectivity index (χ0) is 22.3. The summed E-state index contributed by atoms with van der Waals surface area (Å²) in [6.07, 6.45) is 10.1. The van der Waals surface area contributed by atoms with E-state index in [2.05, 4.69) is 39.6 Å². The second-order valence-electron chi connectivity index (χ2n) is 7.38. The maximum absolute atomic E-state index is 6.42. The molecule has 3 aromatic heterocycles. The first-order valence-corrected chi connectivity index (χ1v) is 11.4. The number of rotatable bonds is 9. The number of nitrogens with zero attached hydrogens (tertiary/aromatic N) is 3. The van der Waals surface area contributed by atoms with Crippen LogP contribution < -0.4 is 11.1 Å². The van der Waals surface area contributed by atoms with Gasteiger partial charge < -0.3 is 11.1 Å². The molecular formula is C25H26N6S. The predicted molar refractivity (Wildman–Crippen MR) is 135 cm³/mol. The summed E-state index contributed by atoms with van der Waals surface area (Å²) in [5, 5.41) is 12.7. The fourth-order valence-electron chi connectivity index (χ4n) is 3.49. The smallest absolute Gasteiger partial charge is 0.162 e. The van der Waals surface area contributed by atoms with Crippen molar-refractivity contribution in [2.24, 2.45) is 5.73 Å². The van der Waals surface area contributed by atoms with Crippen molar-refractivity contribution >= 4 is 32.9 Å². The maximum Gasteiger partial charge on any atom is 0.162 e. The normalized spacial score (nSPS) is 13.0. The molecular weight excluding hydrogens is 416 g/mol. The van der Waals surface area contributed by atoms with Crippen LogP contribution in [-0.2, 0) is 6.42 Å². The third kappa shape index (κ3) is 4.85. The third-order valence-corrected chi connectivity index (χ3v) is 5.96. The quantitative estimate of drug-likeness (QED) is 0.310. The van der Waals surface area contributed by atoms with Gasteiger partial charge in [0.05, 0.1) is 15.9 Å². The van der Waals surface area contributed by atoms with E-state index in [4.69, 9.17) is 15.7 Å². The summed E-state index contributed by atoms with van der Waals surface area (Å²) in [5.74, 6) is 1.41. The highest BCUT2D eigenvalue weighted by atomic mass is 32.1. The first-order valence-electron chi connectivity index (χ1n) is 10.5. The average molecular weight is 443 g/mol. The molecule has 1 atom stereocenters. The molecule has 0 spiro atoms. The lowest BCUT2D eigenvalue weighted by atomic mass is 10.1. The molecule has 0 unspecified atom stereocenters. The van der Waals surface area contributed by atoms with Crippen molar-refractivity contribution in [1.29, 1.82) is 0 Å². The lowest BCUT2D eigenvalue weighted by molar-refractivity contribution is 0.698. The van der Waals surface area contributed by atoms with Crippen LogP contribution in [0.5, 0.6) is 0 Å². The fourth-order valence-corrected chi connectivity index (χ4v) is 4.46. The summed E-state index contributed by atoms with van der Waals surface area (Å²) >= 11 is 1.61. The molecule has 6 nitrogen and oxygen atoms in total. The molecule has 0 saturated carbocycles. The van der Waals surface area contributed by atoms with E-state index < -0.39 is 0 Å². The van der Waals surface area contributed by atoms with Crippen molar-refractivity contribution in [1.82, 2.24) is 20.2 Å². The summed E-state index contributed by atoms with van der Waals surface area (Å²) in [6, 6.07) is 12.2. The highest BCUT2D eigenvalue weighted by Crippen LogP contribution is 2.36. The Hall–Kier alpha value is -3.55. The molecule has 0 aliphatic rings. The number of hydrogen-bond donors (Lipinski definition) is 3. The second kappa shape index (κ2) is 10.2. The van der Waals surface area contributed by atoms with Crippen LogP contribution in [0.1, 0.15) is 18.3 Å². The molecule has 0 amide bonds. The molecule has 0 bridgehead atoms. The standard InChI is InChI=1S/C25H26N6S/c1-3-8-18(9-4-2)24-29-22-20(21-12-13-28-31-21)16-32-23(22)25(30-24)27-15-19(26)14-17-10-6-5-7-11-17/h3-13,16,19H,1,14-15,26H2,2H3,(H,28,31)(H,27,29,30)/b9-4-,18-8+/t19-/m0/s1. The van der Waals surface area contributed by atoms with Crippen molar-refractivity contribution in [3.05, 3.63) is 90.2 Å². The Kier molecular flexibility index (Phi) is 6.89. The number of hydrogen-bond acceptors (Lipinski definition) is 6. The monoisotopic (exact) mass is 442 g/mol. The van der Waals surface area contributed by atoms with Crippen LogP contribution in [-0.4, -0.2) is 32.8 Å². The minimum absolute atomic E-state index is 0.0448. The van der Waals surface area contributed by atoms with E-state index in [-0.39, 0.29) is 6.04 Å². The lowest BCUT2D eigenvalue weighted by Crippen LogP contribution is -2.31. The third-order valence-electron chi connectivity index (χ3n) is 4.98. The van der Waals surface area contributed by atoms with E-state index in [1.807, 2.05) is 49.4 Å². The van der Waals surface area contributed by atoms with Crippen molar-refractivity contribution in [3.8, 4) is 11.3 Å². The highest BCUT2D eigenvalue weighted by molar-refractivity contribution is 7.18. The number of aromatic amines is 1. The summed E-state index contributed by atoms with van der Waals surface area (Å²) < 4.78 is 0.990. The molecule has 32 heavy (non-hydrogen) atoms. The van der Waals surface area contributed by atoms with E-state index >= 15 is 0 Å². The van der Waals surface area contributed by atoms with Gasteiger partial charge in [-0.15, -0.1) is 11.3 Å². The van der Waals surface area contributed by atoms with Gasteiger partial charge in [0.1, 0.15) is 5.82 Å². The van der Waals surface area contributed by atoms with E-state index in [0.29, 0.717) is 12.4 Å². The molecule has 162 valence electrons. The summed E-state index contributed by atoms with van der Waals surface area (Å²) in [4.78, 5) is 9.75. The Morgan fingerprint density at radius 2 is 2.09 bits per heavy atom. The van der Waals surface area contributed by atoms with Gasteiger partial charge in [0.2, 0.25) is 0 Å².